The summed E-state index contributed by atoms with van der Waals surface area (Å²) in [4.78, 5) is 4.32. The summed E-state index contributed by atoms with van der Waals surface area (Å²) in [5.74, 6) is 6.47. The Morgan fingerprint density at radius 1 is 1.41 bits per heavy atom. The summed E-state index contributed by atoms with van der Waals surface area (Å²) in [6, 6.07) is 5.84. The van der Waals surface area contributed by atoms with Gasteiger partial charge in [-0.15, -0.1) is 0 Å². The van der Waals surface area contributed by atoms with E-state index in [-0.39, 0.29) is 0 Å². The Kier molecular flexibility index (Phi) is 5.76. The Hall–Kier alpha value is -2.57. The van der Waals surface area contributed by atoms with Crippen LogP contribution in [0, 0.1) is 0 Å². The number of benzene rings is 1. The van der Waals surface area contributed by atoms with Gasteiger partial charge in [0.25, 0.3) is 0 Å². The molecule has 0 amide bonds. The number of nitrogens with one attached hydrogen (secondary N) is 2. The molecule has 22 heavy (non-hydrogen) atoms. The zero-order valence-corrected chi connectivity index (χ0v) is 13.0. The zero-order chi connectivity index (χ0) is 15.8. The van der Waals surface area contributed by atoms with E-state index < -0.39 is 0 Å². The smallest absolute Gasteiger partial charge is 0.174 e. The molecule has 7 heteroatoms. The largest absolute Gasteiger partial charge is 0.497 e. The highest BCUT2D eigenvalue weighted by atomic mass is 16.5. The van der Waals surface area contributed by atoms with Crippen molar-refractivity contribution in [2.24, 2.45) is 16.1 Å². The number of hydrazone groups is 1. The number of rotatable bonds is 8. The first-order valence-electron chi connectivity index (χ1n) is 7.40. The fourth-order valence-electron chi connectivity index (χ4n) is 2.08. The van der Waals surface area contributed by atoms with Crippen molar-refractivity contribution in [2.75, 3.05) is 13.7 Å². The van der Waals surface area contributed by atoms with Crippen molar-refractivity contribution in [3.63, 3.8) is 0 Å². The third-order valence-electron chi connectivity index (χ3n) is 3.30. The Labute approximate surface area is 129 Å². The number of hydrogen-bond acceptors (Lipinski definition) is 3. The van der Waals surface area contributed by atoms with Gasteiger partial charge in [-0.2, -0.15) is 0 Å². The van der Waals surface area contributed by atoms with Crippen molar-refractivity contribution in [2.45, 2.75) is 26.2 Å². The van der Waals surface area contributed by atoms with E-state index in [0.29, 0.717) is 6.54 Å². The number of nitrogens with two attached hydrogens (primary N) is 1. The highest BCUT2D eigenvalue weighted by Gasteiger charge is 2.05. The predicted molar refractivity (Wildman–Crippen MR) is 86.8 cm³/mol. The average molecular weight is 303 g/mol. The molecule has 0 fully saturated rings. The van der Waals surface area contributed by atoms with Gasteiger partial charge in [0.2, 0.25) is 0 Å². The summed E-state index contributed by atoms with van der Waals surface area (Å²) in [6.07, 6.45) is 6.92. The number of nitrogens with zero attached hydrogens (tertiary/aromatic N) is 3. The lowest BCUT2D eigenvalue weighted by Crippen LogP contribution is -2.29. The number of aromatic amines is 1. The van der Waals surface area contributed by atoms with Gasteiger partial charge in [-0.25, -0.2) is 5.84 Å². The summed E-state index contributed by atoms with van der Waals surface area (Å²) in [6.45, 7) is 2.84. The minimum absolute atomic E-state index is 0.692. The number of hydrogen-bond donors (Lipinski definition) is 3. The molecule has 1 heterocycles. The molecule has 2 aromatic rings. The third kappa shape index (κ3) is 4.21. The van der Waals surface area contributed by atoms with Crippen LogP contribution in [0.15, 0.2) is 34.6 Å². The van der Waals surface area contributed by atoms with Crippen LogP contribution < -0.4 is 16.1 Å². The third-order valence-corrected chi connectivity index (χ3v) is 3.30. The van der Waals surface area contributed by atoms with Crippen LogP contribution in [0.4, 0.5) is 0 Å². The van der Waals surface area contributed by atoms with E-state index in [2.05, 4.69) is 27.7 Å². The summed E-state index contributed by atoms with van der Waals surface area (Å²) in [7, 11) is 1.65. The Morgan fingerprint density at radius 2 is 2.27 bits per heavy atom. The average Bonchev–Trinajstić information content (AvgIpc) is 2.94. The Bertz CT molecular complexity index is 661. The maximum Gasteiger partial charge on any atom is 0.174 e. The van der Waals surface area contributed by atoms with E-state index in [1.807, 2.05) is 24.4 Å². The summed E-state index contributed by atoms with van der Waals surface area (Å²) < 4.78 is 5.24. The number of hydrazine groups is 2. The van der Waals surface area contributed by atoms with Crippen molar-refractivity contribution in [3.8, 4) is 5.75 Å². The number of aromatic nitrogens is 1. The molecular formula is C15H23N6O+. The van der Waals surface area contributed by atoms with Crippen LogP contribution in [0.3, 0.4) is 0 Å². The molecule has 7 nitrogen and oxygen atoms in total. The topological polar surface area (TPSA) is 90.8 Å². The molecule has 0 unspecified atom stereocenters. The van der Waals surface area contributed by atoms with Gasteiger partial charge in [-0.1, -0.05) is 24.9 Å². The lowest BCUT2D eigenvalue weighted by atomic mass is 10.2. The van der Waals surface area contributed by atoms with Crippen LogP contribution in [0.25, 0.3) is 10.9 Å². The van der Waals surface area contributed by atoms with Gasteiger partial charge in [0.15, 0.2) is 6.21 Å². The first-order chi connectivity index (χ1) is 10.7. The molecule has 0 aliphatic carbocycles. The van der Waals surface area contributed by atoms with Crippen LogP contribution >= 0.6 is 0 Å². The first kappa shape index (κ1) is 15.8. The highest BCUT2D eigenvalue weighted by Crippen LogP contribution is 2.22. The maximum absolute atomic E-state index is 5.67. The number of ether oxygens (including phenoxy) is 1. The van der Waals surface area contributed by atoms with Crippen LogP contribution in [0.2, 0.25) is 0 Å². The van der Waals surface area contributed by atoms with E-state index in [0.717, 1.165) is 46.4 Å². The quantitative estimate of drug-likeness (QED) is 0.175. The molecule has 118 valence electrons. The number of fused-ring (bicyclic) bond motifs is 1. The molecule has 1 aromatic heterocycles. The highest BCUT2D eigenvalue weighted by molar-refractivity contribution is 5.99. The maximum atomic E-state index is 5.67. The molecule has 0 aliphatic rings. The van der Waals surface area contributed by atoms with Gasteiger partial charge >= 0.3 is 0 Å². The summed E-state index contributed by atoms with van der Waals surface area (Å²) >= 11 is 0. The minimum Gasteiger partial charge on any atom is -0.497 e. The van der Waals surface area contributed by atoms with E-state index in [1.165, 1.54) is 0 Å². The van der Waals surface area contributed by atoms with E-state index in [9.17, 15) is 0 Å². The van der Waals surface area contributed by atoms with Gasteiger partial charge in [-0.3, -0.25) is 0 Å². The van der Waals surface area contributed by atoms with Gasteiger partial charge in [-0.05, 0) is 30.2 Å². The van der Waals surface area contributed by atoms with Crippen LogP contribution in [0.5, 0.6) is 5.75 Å². The molecule has 4 N–H and O–H groups in total. The molecule has 0 aliphatic heterocycles. The number of unbranched alkanes of at least 4 members (excludes halogenated alkanes) is 2. The fraction of sp³-hybridized carbons (Fsp3) is 0.400. The lowest BCUT2D eigenvalue weighted by molar-refractivity contribution is -0.662. The second kappa shape index (κ2) is 8.02. The summed E-state index contributed by atoms with van der Waals surface area (Å²) in [5, 5.41) is 9.25. The second-order valence-electron chi connectivity index (χ2n) is 4.93. The molecule has 0 saturated heterocycles. The molecule has 0 atom stereocenters. The summed E-state index contributed by atoms with van der Waals surface area (Å²) in [5.41, 5.74) is 4.63. The Morgan fingerprint density at radius 3 is 3.05 bits per heavy atom. The SMILES string of the molecule is CCCCCN=[N+](N)N/N=C/c1c[nH]c2ccc(OC)cc12. The lowest BCUT2D eigenvalue weighted by Gasteiger charge is -1.98. The molecule has 1 aromatic carbocycles. The van der Waals surface area contributed by atoms with E-state index in [4.69, 9.17) is 10.6 Å². The standard InChI is InChI=1S/C15H22N6O/c1-3-4-5-8-19-21(16)20-18-11-12-10-17-15-7-6-13(22-2)9-14(12)15/h6-7,9-11,19H,3-5,8,16H2,1-2H3/p+1. The monoisotopic (exact) mass is 303 g/mol. The van der Waals surface area contributed by atoms with Gasteiger partial charge in [0.1, 0.15) is 5.75 Å². The second-order valence-corrected chi connectivity index (χ2v) is 4.93. The Balaban J connectivity index is 1.98. The molecule has 2 rings (SSSR count). The number of methoxy groups -OCH3 is 1. The fourth-order valence-corrected chi connectivity index (χ4v) is 2.08. The number of H-pyrrole nitrogens is 1. The van der Waals surface area contributed by atoms with Gasteiger partial charge in [0.05, 0.1) is 13.7 Å². The van der Waals surface area contributed by atoms with Crippen molar-refractivity contribution >= 4 is 17.1 Å². The zero-order valence-electron chi connectivity index (χ0n) is 13.0. The van der Waals surface area contributed by atoms with Gasteiger partial charge < -0.3 is 9.72 Å². The van der Waals surface area contributed by atoms with E-state index in [1.54, 1.807) is 13.3 Å². The normalized spacial score (nSPS) is 12.2. The van der Waals surface area contributed by atoms with Crippen LogP contribution in [-0.4, -0.2) is 29.8 Å². The molecule has 0 spiro atoms. The van der Waals surface area contributed by atoms with Crippen molar-refractivity contribution < 1.29 is 9.65 Å². The molecular weight excluding hydrogens is 280 g/mol. The molecule has 0 saturated carbocycles. The van der Waals surface area contributed by atoms with Crippen molar-refractivity contribution in [1.82, 2.24) is 10.5 Å². The molecule has 0 bridgehead atoms. The van der Waals surface area contributed by atoms with Gasteiger partial charge in [0, 0.05) is 32.7 Å². The van der Waals surface area contributed by atoms with E-state index >= 15 is 0 Å². The molecule has 0 radical (unpaired) electrons. The predicted octanol–water partition coefficient (Wildman–Crippen LogP) is 2.54. The van der Waals surface area contributed by atoms with Crippen LogP contribution in [-0.2, 0) is 0 Å². The minimum atomic E-state index is 0.692. The van der Waals surface area contributed by atoms with Crippen molar-refractivity contribution in [3.05, 3.63) is 30.0 Å². The van der Waals surface area contributed by atoms with Crippen LogP contribution in [0.1, 0.15) is 31.7 Å². The first-order valence-corrected chi connectivity index (χ1v) is 7.40. The van der Waals surface area contributed by atoms with Crippen molar-refractivity contribution in [1.29, 1.82) is 0 Å².